The molecule has 0 amide bonds. The Balaban J connectivity index is 2.50. The molecule has 0 aliphatic carbocycles. The van der Waals surface area contributed by atoms with Crippen molar-refractivity contribution < 1.29 is 4.74 Å². The van der Waals surface area contributed by atoms with Gasteiger partial charge in [0, 0.05) is 31.1 Å². The first-order valence-electron chi connectivity index (χ1n) is 7.13. The van der Waals surface area contributed by atoms with E-state index in [2.05, 4.69) is 48.5 Å². The summed E-state index contributed by atoms with van der Waals surface area (Å²) in [7, 11) is 1.79. The summed E-state index contributed by atoms with van der Waals surface area (Å²) in [5, 5.41) is 5.69. The molecule has 0 aliphatic rings. The smallest absolute Gasteiger partial charge is 0.0630 e. The Morgan fingerprint density at radius 3 is 2.68 bits per heavy atom. The fourth-order valence-electron chi connectivity index (χ4n) is 2.13. The van der Waals surface area contributed by atoms with Crippen LogP contribution in [0, 0.1) is 5.92 Å². The summed E-state index contributed by atoms with van der Waals surface area (Å²) in [4.78, 5) is 3.91. The largest absolute Gasteiger partial charge is 0.383 e. The lowest BCUT2D eigenvalue weighted by Crippen LogP contribution is -2.45. The number of rotatable bonds is 10. The highest BCUT2D eigenvalue weighted by Crippen LogP contribution is 2.14. The van der Waals surface area contributed by atoms with Gasteiger partial charge in [-0.25, -0.2) is 0 Å². The minimum absolute atomic E-state index is 0.441. The number of nitrogens with zero attached hydrogens (tertiary/aromatic N) is 1. The lowest BCUT2D eigenvalue weighted by Gasteiger charge is -2.30. The van der Waals surface area contributed by atoms with Gasteiger partial charge in [0.05, 0.1) is 6.61 Å². The van der Waals surface area contributed by atoms with Gasteiger partial charge in [0.25, 0.3) is 0 Å². The van der Waals surface area contributed by atoms with Crippen molar-refractivity contribution in [1.29, 1.82) is 0 Å². The lowest BCUT2D eigenvalue weighted by molar-refractivity contribution is 0.0880. The molecule has 0 fully saturated rings. The van der Waals surface area contributed by atoms with Crippen LogP contribution in [0.5, 0.6) is 0 Å². The summed E-state index contributed by atoms with van der Waals surface area (Å²) in [5.41, 5.74) is 0. The first kappa shape index (κ1) is 16.6. The average Bonchev–Trinajstić information content (AvgIpc) is 2.87. The fourth-order valence-corrected chi connectivity index (χ4v) is 2.86. The number of nitrogens with one attached hydrogen (secondary N) is 1. The Morgan fingerprint density at radius 1 is 1.37 bits per heavy atom. The van der Waals surface area contributed by atoms with Crippen LogP contribution in [0.15, 0.2) is 17.5 Å². The summed E-state index contributed by atoms with van der Waals surface area (Å²) < 4.78 is 5.39. The van der Waals surface area contributed by atoms with Crippen molar-refractivity contribution in [3.05, 3.63) is 22.4 Å². The van der Waals surface area contributed by atoms with Crippen molar-refractivity contribution in [2.75, 3.05) is 33.4 Å². The van der Waals surface area contributed by atoms with Crippen LogP contribution in [0.3, 0.4) is 0 Å². The molecule has 0 bridgehead atoms. The van der Waals surface area contributed by atoms with E-state index in [0.717, 1.165) is 32.8 Å². The number of hydrogen-bond donors (Lipinski definition) is 1. The highest BCUT2D eigenvalue weighted by molar-refractivity contribution is 7.09. The second-order valence-corrected chi connectivity index (χ2v) is 6.34. The van der Waals surface area contributed by atoms with E-state index in [9.17, 15) is 0 Å². The van der Waals surface area contributed by atoms with Crippen LogP contribution < -0.4 is 5.32 Å². The van der Waals surface area contributed by atoms with Crippen LogP contribution in [-0.2, 0) is 11.3 Å². The van der Waals surface area contributed by atoms with E-state index in [-0.39, 0.29) is 0 Å². The van der Waals surface area contributed by atoms with Gasteiger partial charge in [-0.3, -0.25) is 4.90 Å². The maximum absolute atomic E-state index is 5.39. The quantitative estimate of drug-likeness (QED) is 0.715. The number of likely N-dealkylation sites (N-methyl/N-ethyl adjacent to an activating group) is 1. The first-order valence-corrected chi connectivity index (χ1v) is 8.01. The molecular formula is C15H28N2OS. The summed E-state index contributed by atoms with van der Waals surface area (Å²) in [6.07, 6.45) is 0. The normalized spacial score (nSPS) is 13.4. The standard InChI is InChI=1S/C15H28N2OS/c1-5-17(11-15-7-6-8-19-15)14(12-18-4)10-16-9-13(2)3/h6-8,13-14,16H,5,9-12H2,1-4H3. The number of hydrogen-bond acceptors (Lipinski definition) is 4. The SMILES string of the molecule is CCN(Cc1cccs1)C(CNCC(C)C)COC. The van der Waals surface area contributed by atoms with Crippen molar-refractivity contribution in [2.45, 2.75) is 33.4 Å². The van der Waals surface area contributed by atoms with Gasteiger partial charge >= 0.3 is 0 Å². The Labute approximate surface area is 122 Å². The average molecular weight is 284 g/mol. The third-order valence-corrected chi connectivity index (χ3v) is 4.01. The van der Waals surface area contributed by atoms with Crippen molar-refractivity contribution in [1.82, 2.24) is 10.2 Å². The fraction of sp³-hybridized carbons (Fsp3) is 0.733. The number of methoxy groups -OCH3 is 1. The zero-order valence-electron chi connectivity index (χ0n) is 12.7. The Morgan fingerprint density at radius 2 is 2.16 bits per heavy atom. The predicted octanol–water partition coefficient (Wildman–Crippen LogP) is 2.83. The minimum Gasteiger partial charge on any atom is -0.383 e. The zero-order chi connectivity index (χ0) is 14.1. The molecular weight excluding hydrogens is 256 g/mol. The number of ether oxygens (including phenoxy) is 1. The Kier molecular flexibility index (Phi) is 8.30. The van der Waals surface area contributed by atoms with Crippen molar-refractivity contribution in [3.63, 3.8) is 0 Å². The molecule has 0 saturated heterocycles. The minimum atomic E-state index is 0.441. The highest BCUT2D eigenvalue weighted by Gasteiger charge is 2.17. The second kappa shape index (κ2) is 9.48. The van der Waals surface area contributed by atoms with E-state index in [1.165, 1.54) is 4.88 Å². The molecule has 1 rings (SSSR count). The Hall–Kier alpha value is -0.420. The Bertz CT molecular complexity index is 314. The highest BCUT2D eigenvalue weighted by atomic mass is 32.1. The molecule has 0 aliphatic heterocycles. The molecule has 19 heavy (non-hydrogen) atoms. The van der Waals surface area contributed by atoms with E-state index >= 15 is 0 Å². The van der Waals surface area contributed by atoms with Crippen LogP contribution in [0.2, 0.25) is 0 Å². The van der Waals surface area contributed by atoms with Gasteiger partial charge in [-0.1, -0.05) is 26.8 Å². The van der Waals surface area contributed by atoms with Gasteiger partial charge in [-0.2, -0.15) is 0 Å². The molecule has 1 unspecified atom stereocenters. The van der Waals surface area contributed by atoms with Crippen LogP contribution in [-0.4, -0.2) is 44.3 Å². The molecule has 0 radical (unpaired) electrons. The van der Waals surface area contributed by atoms with Crippen LogP contribution in [0.1, 0.15) is 25.6 Å². The molecule has 1 atom stereocenters. The lowest BCUT2D eigenvalue weighted by atomic mass is 10.2. The topological polar surface area (TPSA) is 24.5 Å². The van der Waals surface area contributed by atoms with E-state index in [4.69, 9.17) is 4.74 Å². The maximum Gasteiger partial charge on any atom is 0.0630 e. The third kappa shape index (κ3) is 6.52. The van der Waals surface area contributed by atoms with Crippen LogP contribution in [0.4, 0.5) is 0 Å². The summed E-state index contributed by atoms with van der Waals surface area (Å²) in [6, 6.07) is 4.77. The zero-order valence-corrected chi connectivity index (χ0v) is 13.5. The summed E-state index contributed by atoms with van der Waals surface area (Å²) >= 11 is 1.83. The molecule has 110 valence electrons. The summed E-state index contributed by atoms with van der Waals surface area (Å²) in [6.45, 7) is 11.6. The molecule has 0 aromatic carbocycles. The maximum atomic E-state index is 5.39. The molecule has 1 aromatic heterocycles. The molecule has 1 N–H and O–H groups in total. The van der Waals surface area contributed by atoms with E-state index in [1.54, 1.807) is 7.11 Å². The molecule has 1 heterocycles. The van der Waals surface area contributed by atoms with Crippen molar-refractivity contribution >= 4 is 11.3 Å². The van der Waals surface area contributed by atoms with Gasteiger partial charge in [-0.05, 0) is 30.5 Å². The molecule has 0 saturated carbocycles. The van der Waals surface area contributed by atoms with Crippen LogP contribution in [0.25, 0.3) is 0 Å². The van der Waals surface area contributed by atoms with Gasteiger partial charge in [0.2, 0.25) is 0 Å². The van der Waals surface area contributed by atoms with Gasteiger partial charge in [0.1, 0.15) is 0 Å². The van der Waals surface area contributed by atoms with Crippen molar-refractivity contribution in [2.24, 2.45) is 5.92 Å². The van der Waals surface area contributed by atoms with Gasteiger partial charge in [-0.15, -0.1) is 11.3 Å². The monoisotopic (exact) mass is 284 g/mol. The summed E-state index contributed by atoms with van der Waals surface area (Å²) in [5.74, 6) is 0.690. The molecule has 0 spiro atoms. The van der Waals surface area contributed by atoms with Crippen LogP contribution >= 0.6 is 11.3 Å². The number of thiophene rings is 1. The van der Waals surface area contributed by atoms with Gasteiger partial charge < -0.3 is 10.1 Å². The van der Waals surface area contributed by atoms with E-state index in [1.807, 2.05) is 11.3 Å². The van der Waals surface area contributed by atoms with E-state index < -0.39 is 0 Å². The predicted molar refractivity (Wildman–Crippen MR) is 83.8 cm³/mol. The molecule has 3 nitrogen and oxygen atoms in total. The van der Waals surface area contributed by atoms with Gasteiger partial charge in [0.15, 0.2) is 0 Å². The third-order valence-electron chi connectivity index (χ3n) is 3.15. The molecule has 1 aromatic rings. The molecule has 4 heteroatoms. The first-order chi connectivity index (χ1) is 9.17. The van der Waals surface area contributed by atoms with Crippen molar-refractivity contribution in [3.8, 4) is 0 Å². The van der Waals surface area contributed by atoms with E-state index in [0.29, 0.717) is 12.0 Å². The second-order valence-electron chi connectivity index (χ2n) is 5.30.